The Kier molecular flexibility index (Phi) is 6.85. The highest BCUT2D eigenvalue weighted by Gasteiger charge is 2.23. The van der Waals surface area contributed by atoms with Crippen molar-refractivity contribution in [2.75, 3.05) is 0 Å². The van der Waals surface area contributed by atoms with Gasteiger partial charge in [0.05, 0.1) is 0 Å². The van der Waals surface area contributed by atoms with Crippen molar-refractivity contribution < 1.29 is 13.5 Å². The largest absolute Gasteiger partial charge is 0.430 e. The Morgan fingerprint density at radius 1 is 1.31 bits per heavy atom. The van der Waals surface area contributed by atoms with Crippen molar-refractivity contribution in [2.24, 2.45) is 0 Å². The smallest absolute Gasteiger partial charge is 0.408 e. The third kappa shape index (κ3) is 6.24. The lowest BCUT2D eigenvalue weighted by atomic mass is 10.2. The highest BCUT2D eigenvalue weighted by Crippen LogP contribution is 2.29. The molecular weight excluding hydrogens is 253 g/mol. The molecule has 1 nitrogen and oxygen atoms in total. The van der Waals surface area contributed by atoms with Gasteiger partial charge in [-0.3, -0.25) is 0 Å². The molecule has 5 heteroatoms. The van der Waals surface area contributed by atoms with Gasteiger partial charge in [0.15, 0.2) is 0 Å². The molecule has 0 spiro atoms. The van der Waals surface area contributed by atoms with Crippen LogP contribution in [-0.4, -0.2) is 5.85 Å². The Balaban J connectivity index is 0.00000106. The van der Waals surface area contributed by atoms with E-state index in [0.29, 0.717) is 5.02 Å². The lowest BCUT2D eigenvalue weighted by Gasteiger charge is -2.13. The molecule has 0 aliphatic carbocycles. The van der Waals surface area contributed by atoms with Gasteiger partial charge in [-0.1, -0.05) is 32.4 Å². The Bertz CT molecular complexity index is 326. The molecule has 0 bridgehead atoms. The van der Waals surface area contributed by atoms with Crippen molar-refractivity contribution in [3.8, 4) is 5.75 Å². The monoisotopic (exact) mass is 268 g/mol. The Labute approximate surface area is 102 Å². The van der Waals surface area contributed by atoms with Crippen LogP contribution in [0.5, 0.6) is 5.75 Å². The van der Waals surface area contributed by atoms with E-state index in [0.717, 1.165) is 12.0 Å². The summed E-state index contributed by atoms with van der Waals surface area (Å²) in [5.41, 5.74) is 0.863. The molecule has 92 valence electrons. The highest BCUT2D eigenvalue weighted by atomic mass is 35.5. The average Bonchev–Trinajstić information content (AvgIpc) is 2.17. The normalized spacial score (nSPS) is 10.4. The second-order valence-electron chi connectivity index (χ2n) is 2.81. The predicted molar refractivity (Wildman–Crippen MR) is 67.5 cm³/mol. The standard InChI is InChI=1S/C9H10ClF2OP.C2H6/c1-2-6-3-7(10)5-8(4-6)13-9(11,12)14;1-2/h3-5H,2,14H2,1H3;1-2H3. The van der Waals surface area contributed by atoms with Crippen LogP contribution in [0.4, 0.5) is 8.78 Å². The maximum atomic E-state index is 12.5. The number of hydrogen-bond acceptors (Lipinski definition) is 1. The summed E-state index contributed by atoms with van der Waals surface area (Å²) in [7, 11) is 1.31. The summed E-state index contributed by atoms with van der Waals surface area (Å²) < 4.78 is 29.3. The molecule has 1 aromatic carbocycles. The Morgan fingerprint density at radius 3 is 2.31 bits per heavy atom. The van der Waals surface area contributed by atoms with Gasteiger partial charge in [-0.2, -0.15) is 8.78 Å². The maximum absolute atomic E-state index is 12.5. The summed E-state index contributed by atoms with van der Waals surface area (Å²) >= 11 is 5.73. The summed E-state index contributed by atoms with van der Waals surface area (Å²) in [6, 6.07) is 4.62. The quantitative estimate of drug-likeness (QED) is 0.720. The molecule has 0 amide bonds. The summed E-state index contributed by atoms with van der Waals surface area (Å²) in [5.74, 6) is -3.18. The summed E-state index contributed by atoms with van der Waals surface area (Å²) in [5, 5.41) is 0.397. The van der Waals surface area contributed by atoms with E-state index in [4.69, 9.17) is 11.6 Å². The molecule has 16 heavy (non-hydrogen) atoms. The van der Waals surface area contributed by atoms with E-state index < -0.39 is 5.85 Å². The number of halogens is 3. The van der Waals surface area contributed by atoms with Crippen LogP contribution >= 0.6 is 20.8 Å². The van der Waals surface area contributed by atoms with E-state index in [1.54, 1.807) is 12.1 Å². The van der Waals surface area contributed by atoms with Gasteiger partial charge in [-0.05, 0) is 39.4 Å². The van der Waals surface area contributed by atoms with Gasteiger partial charge < -0.3 is 4.74 Å². The molecule has 1 unspecified atom stereocenters. The van der Waals surface area contributed by atoms with E-state index in [1.165, 1.54) is 15.3 Å². The number of hydrogen-bond donors (Lipinski definition) is 0. The SMILES string of the molecule is CC.CCc1cc(Cl)cc(OC(F)(F)P)c1. The molecule has 0 aromatic heterocycles. The topological polar surface area (TPSA) is 9.23 Å². The first-order valence-electron chi connectivity index (χ1n) is 5.06. The number of benzene rings is 1. The van der Waals surface area contributed by atoms with Crippen molar-refractivity contribution in [1.82, 2.24) is 0 Å². The zero-order chi connectivity index (χ0) is 12.8. The lowest BCUT2D eigenvalue weighted by Crippen LogP contribution is -2.14. The first-order valence-corrected chi connectivity index (χ1v) is 6.01. The predicted octanol–water partition coefficient (Wildman–Crippen LogP) is 4.73. The van der Waals surface area contributed by atoms with Crippen LogP contribution in [0.15, 0.2) is 18.2 Å². The second-order valence-corrected chi connectivity index (χ2v) is 3.92. The molecule has 1 aromatic rings. The third-order valence-corrected chi connectivity index (χ3v) is 1.93. The molecule has 0 saturated carbocycles. The third-order valence-electron chi connectivity index (χ3n) is 1.59. The molecule has 0 radical (unpaired) electrons. The van der Waals surface area contributed by atoms with Crippen molar-refractivity contribution in [2.45, 2.75) is 33.0 Å². The molecule has 0 aliphatic rings. The molecule has 0 heterocycles. The number of rotatable bonds is 3. The zero-order valence-electron chi connectivity index (χ0n) is 9.56. The van der Waals surface area contributed by atoms with Gasteiger partial charge in [0.25, 0.3) is 0 Å². The number of aryl methyl sites for hydroxylation is 1. The van der Waals surface area contributed by atoms with E-state index in [2.05, 4.69) is 4.74 Å². The lowest BCUT2D eigenvalue weighted by molar-refractivity contribution is -0.0892. The van der Waals surface area contributed by atoms with Crippen molar-refractivity contribution >= 4 is 20.8 Å². The van der Waals surface area contributed by atoms with Gasteiger partial charge in [-0.25, -0.2) is 0 Å². The fourth-order valence-electron chi connectivity index (χ4n) is 1.04. The van der Waals surface area contributed by atoms with Crippen molar-refractivity contribution in [1.29, 1.82) is 0 Å². The minimum absolute atomic E-state index is 0.0781. The number of ether oxygens (including phenoxy) is 1. The molecule has 0 aliphatic heterocycles. The molecule has 1 rings (SSSR count). The van der Waals surface area contributed by atoms with Gasteiger partial charge in [0.1, 0.15) is 5.75 Å². The maximum Gasteiger partial charge on any atom is 0.408 e. The van der Waals surface area contributed by atoms with Crippen LogP contribution in [0.2, 0.25) is 5.02 Å². The Morgan fingerprint density at radius 2 is 1.88 bits per heavy atom. The first-order chi connectivity index (χ1) is 7.40. The zero-order valence-corrected chi connectivity index (χ0v) is 11.5. The first kappa shape index (κ1) is 15.6. The minimum atomic E-state index is -3.25. The molecule has 0 fully saturated rings. The molecule has 0 N–H and O–H groups in total. The van der Waals surface area contributed by atoms with Crippen LogP contribution in [0.3, 0.4) is 0 Å². The van der Waals surface area contributed by atoms with Crippen molar-refractivity contribution in [3.63, 3.8) is 0 Å². The van der Waals surface area contributed by atoms with Crippen LogP contribution in [0.1, 0.15) is 26.3 Å². The summed E-state index contributed by atoms with van der Waals surface area (Å²) in [6.45, 7) is 5.91. The van der Waals surface area contributed by atoms with E-state index in [-0.39, 0.29) is 5.75 Å². The van der Waals surface area contributed by atoms with Crippen LogP contribution in [0.25, 0.3) is 0 Å². The van der Waals surface area contributed by atoms with E-state index in [1.807, 2.05) is 20.8 Å². The van der Waals surface area contributed by atoms with Gasteiger partial charge in [0.2, 0.25) is 0 Å². The van der Waals surface area contributed by atoms with E-state index >= 15 is 0 Å². The fraction of sp³-hybridized carbons (Fsp3) is 0.455. The minimum Gasteiger partial charge on any atom is -0.430 e. The highest BCUT2D eigenvalue weighted by molar-refractivity contribution is 7.17. The fourth-order valence-corrected chi connectivity index (χ4v) is 1.42. The summed E-state index contributed by atoms with van der Waals surface area (Å²) in [4.78, 5) is 0. The van der Waals surface area contributed by atoms with Crippen molar-refractivity contribution in [3.05, 3.63) is 28.8 Å². The van der Waals surface area contributed by atoms with Crippen LogP contribution in [-0.2, 0) is 6.42 Å². The van der Waals surface area contributed by atoms with Crippen LogP contribution in [0, 0.1) is 0 Å². The van der Waals surface area contributed by atoms with Crippen LogP contribution < -0.4 is 4.74 Å². The van der Waals surface area contributed by atoms with E-state index in [9.17, 15) is 8.78 Å². The number of alkyl halides is 2. The summed E-state index contributed by atoms with van der Waals surface area (Å²) in [6.07, 6.45) is 0.722. The molecule has 1 atom stereocenters. The van der Waals surface area contributed by atoms with Gasteiger partial charge in [-0.15, -0.1) is 0 Å². The van der Waals surface area contributed by atoms with Gasteiger partial charge in [0, 0.05) is 5.02 Å². The van der Waals surface area contributed by atoms with Gasteiger partial charge >= 0.3 is 5.85 Å². The molecular formula is C11H16ClF2OP. The average molecular weight is 269 g/mol. The second kappa shape index (κ2) is 7.03. The molecule has 0 saturated heterocycles. The Hall–Kier alpha value is -0.400.